The molecular weight excluding hydrogens is 428 g/mol. The van der Waals surface area contributed by atoms with E-state index in [-0.39, 0.29) is 10.8 Å². The Labute approximate surface area is 169 Å². The van der Waals surface area contributed by atoms with Crippen LogP contribution in [-0.4, -0.2) is 32.3 Å². The highest BCUT2D eigenvalue weighted by molar-refractivity contribution is 9.10. The maximum absolute atomic E-state index is 12.7. The molecule has 1 aliphatic rings. The molecule has 3 rings (SSSR count). The van der Waals surface area contributed by atoms with Gasteiger partial charge in [0.1, 0.15) is 0 Å². The van der Waals surface area contributed by atoms with Gasteiger partial charge in [-0.25, -0.2) is 8.42 Å². The van der Waals surface area contributed by atoms with Gasteiger partial charge < -0.3 is 4.90 Å². The molecule has 1 aliphatic carbocycles. The largest absolute Gasteiger partial charge is 0.338 e. The third kappa shape index (κ3) is 5.32. The maximum Gasteiger partial charge on any atom is 0.261 e. The zero-order valence-electron chi connectivity index (χ0n) is 15.2. The highest BCUT2D eigenvalue weighted by Gasteiger charge is 2.26. The summed E-state index contributed by atoms with van der Waals surface area (Å²) in [6.07, 6.45) is 3.32. The van der Waals surface area contributed by atoms with Crippen molar-refractivity contribution in [2.24, 2.45) is 5.92 Å². The third-order valence-electron chi connectivity index (χ3n) is 4.46. The number of rotatable bonds is 8. The minimum atomic E-state index is -3.66. The summed E-state index contributed by atoms with van der Waals surface area (Å²) in [6.45, 7) is 3.62. The van der Waals surface area contributed by atoms with Crippen LogP contribution in [0.25, 0.3) is 0 Å². The molecule has 5 nitrogen and oxygen atoms in total. The van der Waals surface area contributed by atoms with Crippen molar-refractivity contribution in [1.29, 1.82) is 0 Å². The second-order valence-electron chi connectivity index (χ2n) is 6.83. The van der Waals surface area contributed by atoms with Crippen LogP contribution in [0.2, 0.25) is 0 Å². The van der Waals surface area contributed by atoms with Crippen LogP contribution in [0.1, 0.15) is 36.5 Å². The summed E-state index contributed by atoms with van der Waals surface area (Å²) in [5, 5.41) is 0. The van der Waals surface area contributed by atoms with Gasteiger partial charge in [0, 0.05) is 28.8 Å². The smallest absolute Gasteiger partial charge is 0.261 e. The van der Waals surface area contributed by atoms with Crippen LogP contribution in [0, 0.1) is 5.92 Å². The van der Waals surface area contributed by atoms with E-state index in [1.54, 1.807) is 36.4 Å². The Bertz CT molecular complexity index is 892. The Hall–Kier alpha value is -1.86. The second-order valence-corrected chi connectivity index (χ2v) is 9.43. The number of benzene rings is 2. The Balaban J connectivity index is 1.70. The lowest BCUT2D eigenvalue weighted by Crippen LogP contribution is -2.33. The van der Waals surface area contributed by atoms with Crippen molar-refractivity contribution in [2.75, 3.05) is 17.8 Å². The molecule has 0 radical (unpaired) electrons. The lowest BCUT2D eigenvalue weighted by Gasteiger charge is -2.22. The van der Waals surface area contributed by atoms with Gasteiger partial charge in [0.15, 0.2) is 0 Å². The molecule has 0 unspecified atom stereocenters. The zero-order valence-corrected chi connectivity index (χ0v) is 17.6. The Morgan fingerprint density at radius 1 is 1.11 bits per heavy atom. The summed E-state index contributed by atoms with van der Waals surface area (Å²) in [7, 11) is -3.66. The topological polar surface area (TPSA) is 66.5 Å². The average Bonchev–Trinajstić information content (AvgIpc) is 3.46. The fourth-order valence-corrected chi connectivity index (χ4v) is 4.17. The number of carbonyl (C=O) groups is 1. The Morgan fingerprint density at radius 2 is 1.74 bits per heavy atom. The summed E-state index contributed by atoms with van der Waals surface area (Å²) < 4.78 is 28.3. The van der Waals surface area contributed by atoms with Crippen molar-refractivity contribution in [2.45, 2.75) is 31.1 Å². The summed E-state index contributed by atoms with van der Waals surface area (Å²) in [5.74, 6) is 0.642. The lowest BCUT2D eigenvalue weighted by molar-refractivity contribution is 0.0748. The van der Waals surface area contributed by atoms with Crippen molar-refractivity contribution < 1.29 is 13.2 Å². The molecule has 0 atom stereocenters. The minimum Gasteiger partial charge on any atom is -0.338 e. The van der Waals surface area contributed by atoms with E-state index in [2.05, 4.69) is 27.6 Å². The molecule has 0 bridgehead atoms. The number of anilines is 1. The fraction of sp³-hybridized carbons (Fsp3) is 0.350. The van der Waals surface area contributed by atoms with Crippen molar-refractivity contribution in [3.05, 3.63) is 58.6 Å². The van der Waals surface area contributed by atoms with Crippen LogP contribution >= 0.6 is 15.9 Å². The van der Waals surface area contributed by atoms with Gasteiger partial charge >= 0.3 is 0 Å². The standard InChI is InChI=1S/C20H23BrN2O3S/c1-2-13-23(14-15-3-4-15)20(24)16-5-9-18(10-6-16)22-27(25,26)19-11-7-17(21)8-12-19/h5-12,15,22H,2-4,13-14H2,1H3. The van der Waals surface area contributed by atoms with Crippen LogP contribution in [0.15, 0.2) is 57.9 Å². The average molecular weight is 451 g/mol. The van der Waals surface area contributed by atoms with Crippen molar-refractivity contribution in [3.8, 4) is 0 Å². The van der Waals surface area contributed by atoms with Gasteiger partial charge in [-0.3, -0.25) is 9.52 Å². The van der Waals surface area contributed by atoms with Gasteiger partial charge in [-0.05, 0) is 73.7 Å². The normalized spacial score (nSPS) is 14.0. The number of nitrogens with zero attached hydrogens (tertiary/aromatic N) is 1. The van der Waals surface area contributed by atoms with Crippen LogP contribution in [0.3, 0.4) is 0 Å². The molecule has 2 aromatic carbocycles. The zero-order chi connectivity index (χ0) is 19.4. The molecule has 7 heteroatoms. The maximum atomic E-state index is 12.7. The molecule has 27 heavy (non-hydrogen) atoms. The lowest BCUT2D eigenvalue weighted by atomic mass is 10.1. The SMILES string of the molecule is CCCN(CC1CC1)C(=O)c1ccc(NS(=O)(=O)c2ccc(Br)cc2)cc1. The van der Waals surface area contributed by atoms with Gasteiger partial charge in [0.05, 0.1) is 4.90 Å². The first kappa shape index (κ1) is 19.9. The van der Waals surface area contributed by atoms with Crippen molar-refractivity contribution in [3.63, 3.8) is 0 Å². The monoisotopic (exact) mass is 450 g/mol. The number of nitrogens with one attached hydrogen (secondary N) is 1. The van der Waals surface area contributed by atoms with Crippen LogP contribution < -0.4 is 4.72 Å². The van der Waals surface area contributed by atoms with E-state index in [1.807, 2.05) is 4.90 Å². The molecule has 0 aromatic heterocycles. The van der Waals surface area contributed by atoms with E-state index < -0.39 is 10.0 Å². The molecule has 1 fully saturated rings. The van der Waals surface area contributed by atoms with Crippen molar-refractivity contribution >= 4 is 37.5 Å². The third-order valence-corrected chi connectivity index (χ3v) is 6.39. The predicted molar refractivity (Wildman–Crippen MR) is 110 cm³/mol. The summed E-state index contributed by atoms with van der Waals surface area (Å²) in [4.78, 5) is 14.8. The van der Waals surface area contributed by atoms with E-state index in [0.717, 1.165) is 24.0 Å². The van der Waals surface area contributed by atoms with Gasteiger partial charge in [-0.1, -0.05) is 22.9 Å². The van der Waals surface area contributed by atoms with E-state index >= 15 is 0 Å². The Morgan fingerprint density at radius 3 is 2.30 bits per heavy atom. The molecule has 0 saturated heterocycles. The summed E-state index contributed by atoms with van der Waals surface area (Å²) in [5.41, 5.74) is 1.01. The number of hydrogen-bond acceptors (Lipinski definition) is 3. The highest BCUT2D eigenvalue weighted by Crippen LogP contribution is 2.30. The molecular formula is C20H23BrN2O3S. The molecule has 1 saturated carbocycles. The van der Waals surface area contributed by atoms with Gasteiger partial charge in [0.25, 0.3) is 15.9 Å². The predicted octanol–water partition coefficient (Wildman–Crippen LogP) is 4.51. The summed E-state index contributed by atoms with van der Waals surface area (Å²) >= 11 is 3.29. The van der Waals surface area contributed by atoms with Crippen LogP contribution in [0.5, 0.6) is 0 Å². The molecule has 1 amide bonds. The number of hydrogen-bond donors (Lipinski definition) is 1. The van der Waals surface area contributed by atoms with E-state index in [1.165, 1.54) is 25.0 Å². The quantitative estimate of drug-likeness (QED) is 0.642. The second kappa shape index (κ2) is 8.44. The first-order valence-corrected chi connectivity index (χ1v) is 11.3. The number of sulfonamides is 1. The fourth-order valence-electron chi connectivity index (χ4n) is 2.85. The Kier molecular flexibility index (Phi) is 6.22. The first-order chi connectivity index (χ1) is 12.9. The van der Waals surface area contributed by atoms with E-state index in [0.29, 0.717) is 17.2 Å². The van der Waals surface area contributed by atoms with Gasteiger partial charge in [-0.2, -0.15) is 0 Å². The minimum absolute atomic E-state index is 0.00562. The molecule has 0 aliphatic heterocycles. The highest BCUT2D eigenvalue weighted by atomic mass is 79.9. The van der Waals surface area contributed by atoms with Crippen LogP contribution in [0.4, 0.5) is 5.69 Å². The molecule has 2 aromatic rings. The van der Waals surface area contributed by atoms with Gasteiger partial charge in [-0.15, -0.1) is 0 Å². The molecule has 0 spiro atoms. The summed E-state index contributed by atoms with van der Waals surface area (Å²) in [6, 6.07) is 13.0. The molecule has 0 heterocycles. The van der Waals surface area contributed by atoms with E-state index in [9.17, 15) is 13.2 Å². The number of amides is 1. The van der Waals surface area contributed by atoms with Crippen molar-refractivity contribution in [1.82, 2.24) is 4.90 Å². The van der Waals surface area contributed by atoms with E-state index in [4.69, 9.17) is 0 Å². The molecule has 144 valence electrons. The number of halogens is 1. The van der Waals surface area contributed by atoms with Gasteiger partial charge in [0.2, 0.25) is 0 Å². The molecule has 1 N–H and O–H groups in total. The number of carbonyl (C=O) groups excluding carboxylic acids is 1. The van der Waals surface area contributed by atoms with Crippen LogP contribution in [-0.2, 0) is 10.0 Å². The first-order valence-electron chi connectivity index (χ1n) is 9.07.